The average molecular weight is 762 g/mol. The van der Waals surface area contributed by atoms with Crippen LogP contribution < -0.4 is 0 Å². The zero-order chi connectivity index (χ0) is 40.4. The molecule has 18 unspecified atom stereocenters. The van der Waals surface area contributed by atoms with Gasteiger partial charge in [-0.3, -0.25) is 9.59 Å². The van der Waals surface area contributed by atoms with Gasteiger partial charge >= 0.3 is 5.97 Å². The number of ether oxygens (including phenoxy) is 8. The Balaban J connectivity index is 2.24. The Kier molecular flexibility index (Phi) is 15.9. The van der Waals surface area contributed by atoms with Crippen LogP contribution in [0.5, 0.6) is 0 Å². The van der Waals surface area contributed by atoms with Gasteiger partial charge in [0, 0.05) is 51.5 Å². The fraction of sp³-hybridized carbons (Fsp3) is 0.949. The molecule has 0 radical (unpaired) electrons. The van der Waals surface area contributed by atoms with Crippen molar-refractivity contribution in [1.82, 2.24) is 4.90 Å². The van der Waals surface area contributed by atoms with Crippen molar-refractivity contribution in [3.8, 4) is 0 Å². The molecule has 0 saturated carbocycles. The largest absolute Gasteiger partial charge is 0.459 e. The maximum Gasteiger partial charge on any atom is 0.311 e. The number of hydrogen-bond donors (Lipinski definition) is 3. The van der Waals surface area contributed by atoms with Crippen LogP contribution in [-0.2, 0) is 47.5 Å². The normalized spacial score (nSPS) is 48.3. The fourth-order valence-corrected chi connectivity index (χ4v) is 9.01. The van der Waals surface area contributed by atoms with Crippen LogP contribution in [0, 0.1) is 23.7 Å². The van der Waals surface area contributed by atoms with E-state index in [1.807, 2.05) is 46.7 Å². The summed E-state index contributed by atoms with van der Waals surface area (Å²) < 4.78 is 50.0. The van der Waals surface area contributed by atoms with Gasteiger partial charge in [-0.25, -0.2) is 0 Å². The summed E-state index contributed by atoms with van der Waals surface area (Å²) in [4.78, 5) is 30.5. The predicted molar refractivity (Wildman–Crippen MR) is 196 cm³/mol. The third-order valence-corrected chi connectivity index (χ3v) is 12.5. The first-order valence-electron chi connectivity index (χ1n) is 19.3. The number of carbonyl (C=O) groups is 2. The standard InChI is InChI=1S/C39H71NO13/c1-16-27-39(10,45)34(46-13)22(4)29(41)20(2)18-38(9,48-15)33(53-36-30(42)26(40(11)12)17-21(3)49-36)23(5)31(24(6)35(44)51-27)52-28-19-37(8,47-14)32(43)25(7)50-28/h20-28,30-34,36,42-43,45H,16-19H2,1-15H3. The lowest BCUT2D eigenvalue weighted by molar-refractivity contribution is -0.319. The van der Waals surface area contributed by atoms with Gasteiger partial charge in [0.15, 0.2) is 12.6 Å². The highest BCUT2D eigenvalue weighted by atomic mass is 16.7. The smallest absolute Gasteiger partial charge is 0.311 e. The molecule has 0 spiro atoms. The van der Waals surface area contributed by atoms with Crippen LogP contribution in [0.4, 0.5) is 0 Å². The van der Waals surface area contributed by atoms with E-state index in [9.17, 15) is 24.9 Å². The quantitative estimate of drug-likeness (QED) is 0.293. The summed E-state index contributed by atoms with van der Waals surface area (Å²) in [5.41, 5.74) is -3.96. The van der Waals surface area contributed by atoms with Gasteiger partial charge in [-0.05, 0) is 74.9 Å². The lowest BCUT2D eigenvalue weighted by Gasteiger charge is -2.50. The van der Waals surface area contributed by atoms with Gasteiger partial charge in [-0.1, -0.05) is 27.7 Å². The van der Waals surface area contributed by atoms with Crippen molar-refractivity contribution in [3.05, 3.63) is 0 Å². The van der Waals surface area contributed by atoms with E-state index >= 15 is 0 Å². The van der Waals surface area contributed by atoms with Crippen LogP contribution in [0.15, 0.2) is 0 Å². The third-order valence-electron chi connectivity index (χ3n) is 12.5. The van der Waals surface area contributed by atoms with Gasteiger partial charge in [-0.2, -0.15) is 0 Å². The van der Waals surface area contributed by atoms with Crippen molar-refractivity contribution in [2.45, 2.75) is 179 Å². The first-order chi connectivity index (χ1) is 24.5. The second-order valence-electron chi connectivity index (χ2n) is 16.8. The number of likely N-dealkylation sites (N-methyl/N-ethyl adjacent to an activating group) is 1. The van der Waals surface area contributed by atoms with Crippen LogP contribution in [-0.4, -0.2) is 152 Å². The second kappa shape index (κ2) is 18.3. The van der Waals surface area contributed by atoms with Crippen LogP contribution in [0.1, 0.15) is 94.9 Å². The molecular formula is C39H71NO13. The number of hydrogen-bond acceptors (Lipinski definition) is 14. The van der Waals surface area contributed by atoms with Gasteiger partial charge in [-0.15, -0.1) is 0 Å². The van der Waals surface area contributed by atoms with Gasteiger partial charge < -0.3 is 58.1 Å². The van der Waals surface area contributed by atoms with Crippen LogP contribution in [0.3, 0.4) is 0 Å². The highest BCUT2D eigenvalue weighted by Gasteiger charge is 2.54. The molecule has 0 aromatic heterocycles. The van der Waals surface area contributed by atoms with Crippen LogP contribution >= 0.6 is 0 Å². The van der Waals surface area contributed by atoms with E-state index in [0.717, 1.165) is 0 Å². The van der Waals surface area contributed by atoms with E-state index in [4.69, 9.17) is 37.9 Å². The lowest BCUT2D eigenvalue weighted by atomic mass is 9.73. The molecule has 53 heavy (non-hydrogen) atoms. The number of aliphatic hydroxyl groups is 3. The molecule has 0 aromatic carbocycles. The first kappa shape index (κ1) is 46.1. The van der Waals surface area contributed by atoms with Gasteiger partial charge in [0.25, 0.3) is 0 Å². The molecule has 310 valence electrons. The highest BCUT2D eigenvalue weighted by Crippen LogP contribution is 2.42. The summed E-state index contributed by atoms with van der Waals surface area (Å²) in [5.74, 6) is -3.88. The van der Waals surface area contributed by atoms with Crippen molar-refractivity contribution in [3.63, 3.8) is 0 Å². The van der Waals surface area contributed by atoms with Crippen molar-refractivity contribution >= 4 is 11.8 Å². The number of aliphatic hydroxyl groups excluding tert-OH is 2. The maximum atomic E-state index is 14.3. The molecule has 14 heteroatoms. The Bertz CT molecular complexity index is 1200. The Hall–Kier alpha value is -1.30. The number of rotatable bonds is 9. The summed E-state index contributed by atoms with van der Waals surface area (Å²) in [7, 11) is 8.26. The van der Waals surface area contributed by atoms with E-state index < -0.39 is 102 Å². The van der Waals surface area contributed by atoms with Crippen molar-refractivity contribution in [2.24, 2.45) is 23.7 Å². The van der Waals surface area contributed by atoms with Gasteiger partial charge in [0.2, 0.25) is 0 Å². The number of esters is 1. The average Bonchev–Trinajstić information content (AvgIpc) is 3.10. The molecule has 14 nitrogen and oxygen atoms in total. The van der Waals surface area contributed by atoms with E-state index in [1.54, 1.807) is 34.6 Å². The predicted octanol–water partition coefficient (Wildman–Crippen LogP) is 3.09. The minimum atomic E-state index is -1.73. The second-order valence-corrected chi connectivity index (χ2v) is 16.8. The number of carbonyl (C=O) groups excluding carboxylic acids is 2. The number of nitrogens with zero attached hydrogens (tertiary/aromatic N) is 1. The summed E-state index contributed by atoms with van der Waals surface area (Å²) in [6.07, 6.45) is -7.72. The zero-order valence-corrected chi connectivity index (χ0v) is 34.9. The molecule has 3 saturated heterocycles. The molecular weight excluding hydrogens is 690 g/mol. The topological polar surface area (TPSA) is 172 Å². The van der Waals surface area contributed by atoms with E-state index in [1.165, 1.54) is 28.3 Å². The summed E-state index contributed by atoms with van der Waals surface area (Å²) in [6.45, 7) is 17.7. The molecule has 3 heterocycles. The van der Waals surface area contributed by atoms with Crippen LogP contribution in [0.25, 0.3) is 0 Å². The number of cyclic esters (lactones) is 1. The number of methoxy groups -OCH3 is 3. The Morgan fingerprint density at radius 3 is 1.98 bits per heavy atom. The number of Topliss-reactive ketones (excluding diaryl/α,β-unsaturated/α-hetero) is 1. The van der Waals surface area contributed by atoms with E-state index in [-0.39, 0.29) is 37.2 Å². The Morgan fingerprint density at radius 2 is 1.45 bits per heavy atom. The molecule has 0 aliphatic carbocycles. The molecule has 3 rings (SSSR count). The first-order valence-corrected chi connectivity index (χ1v) is 19.3. The summed E-state index contributed by atoms with van der Waals surface area (Å²) in [6, 6.07) is -0.270. The highest BCUT2D eigenvalue weighted by molar-refractivity contribution is 5.83. The van der Waals surface area contributed by atoms with Crippen molar-refractivity contribution < 1.29 is 62.8 Å². The Labute approximate surface area is 317 Å². The summed E-state index contributed by atoms with van der Waals surface area (Å²) in [5, 5.41) is 34.5. The minimum Gasteiger partial charge on any atom is -0.459 e. The maximum absolute atomic E-state index is 14.3. The molecule has 0 aromatic rings. The number of ketones is 1. The van der Waals surface area contributed by atoms with E-state index in [0.29, 0.717) is 6.42 Å². The van der Waals surface area contributed by atoms with Crippen molar-refractivity contribution in [2.75, 3.05) is 35.4 Å². The van der Waals surface area contributed by atoms with E-state index in [2.05, 4.69) is 0 Å². The van der Waals surface area contributed by atoms with Crippen LogP contribution in [0.2, 0.25) is 0 Å². The lowest BCUT2D eigenvalue weighted by Crippen LogP contribution is -2.61. The molecule has 18 atom stereocenters. The molecule has 3 aliphatic rings. The molecule has 3 aliphatic heterocycles. The minimum absolute atomic E-state index is 0.144. The zero-order valence-electron chi connectivity index (χ0n) is 34.9. The Morgan fingerprint density at radius 1 is 0.849 bits per heavy atom. The molecule has 3 N–H and O–H groups in total. The molecule has 0 amide bonds. The van der Waals surface area contributed by atoms with Gasteiger partial charge in [0.05, 0.1) is 47.6 Å². The van der Waals surface area contributed by atoms with Gasteiger partial charge in [0.1, 0.15) is 29.7 Å². The molecule has 0 bridgehead atoms. The van der Waals surface area contributed by atoms with Crippen molar-refractivity contribution in [1.29, 1.82) is 0 Å². The molecule has 3 fully saturated rings. The fourth-order valence-electron chi connectivity index (χ4n) is 9.01. The third kappa shape index (κ3) is 9.81. The summed E-state index contributed by atoms with van der Waals surface area (Å²) >= 11 is 0. The SMILES string of the molecule is CCC1OC(=O)C(C)C(OC2CC(C)(OC)C(O)C(C)O2)C(C)C(OC2OC(C)CC(N(C)C)C2O)C(C)(OC)CC(C)C(=O)C(C)C(OC)C1(C)O. The monoisotopic (exact) mass is 761 g/mol.